The van der Waals surface area contributed by atoms with Crippen LogP contribution in [0.2, 0.25) is 0 Å². The van der Waals surface area contributed by atoms with E-state index in [1.54, 1.807) is 0 Å². The van der Waals surface area contributed by atoms with Crippen LogP contribution in [0.5, 0.6) is 5.75 Å². The van der Waals surface area contributed by atoms with Gasteiger partial charge in [-0.2, -0.15) is 0 Å². The number of methoxy groups -OCH3 is 1. The third-order valence-electron chi connectivity index (χ3n) is 1.51. The lowest BCUT2D eigenvalue weighted by Gasteiger charge is -2.05. The maximum absolute atomic E-state index is 12.7. The van der Waals surface area contributed by atoms with Crippen LogP contribution in [0.1, 0.15) is 12.0 Å². The van der Waals surface area contributed by atoms with Gasteiger partial charge in [0.05, 0.1) is 12.7 Å². The molecule has 5 heteroatoms. The molecule has 0 aliphatic carbocycles. The second-order valence-electron chi connectivity index (χ2n) is 2.31. The molecule has 0 radical (unpaired) electrons. The van der Waals surface area contributed by atoms with Crippen LogP contribution in [-0.2, 0) is 0 Å². The predicted octanol–water partition coefficient (Wildman–Crippen LogP) is 2.91. The van der Waals surface area contributed by atoms with E-state index in [1.807, 2.05) is 0 Å². The Hall–Kier alpha value is -1.26. The van der Waals surface area contributed by atoms with E-state index < -0.39 is 23.6 Å². The van der Waals surface area contributed by atoms with Crippen molar-refractivity contribution >= 4 is 0 Å². The molecule has 0 unspecified atom stereocenters. The van der Waals surface area contributed by atoms with E-state index >= 15 is 0 Å². The Bertz CT molecular complexity index is 288. The lowest BCUT2D eigenvalue weighted by Crippen LogP contribution is -1.97. The summed E-state index contributed by atoms with van der Waals surface area (Å²) in [5.41, 5.74) is -1.22. The SMILES string of the molecule is COc1cc(F)c(C(F)F)c(F)c1. The van der Waals surface area contributed by atoms with E-state index in [4.69, 9.17) is 0 Å². The summed E-state index contributed by atoms with van der Waals surface area (Å²) < 4.78 is 54.0. The van der Waals surface area contributed by atoms with Gasteiger partial charge in [0.1, 0.15) is 17.4 Å². The maximum atomic E-state index is 12.7. The van der Waals surface area contributed by atoms with E-state index in [0.717, 1.165) is 0 Å². The second kappa shape index (κ2) is 3.64. The van der Waals surface area contributed by atoms with E-state index in [2.05, 4.69) is 4.74 Å². The summed E-state index contributed by atoms with van der Waals surface area (Å²) in [6.45, 7) is 0. The van der Waals surface area contributed by atoms with Crippen LogP contribution >= 0.6 is 0 Å². The molecule has 1 aromatic rings. The molecule has 1 nitrogen and oxygen atoms in total. The Labute approximate surface area is 71.9 Å². The summed E-state index contributed by atoms with van der Waals surface area (Å²) in [6.07, 6.45) is -3.16. The molecule has 1 rings (SSSR count). The van der Waals surface area contributed by atoms with Gasteiger partial charge in [-0.1, -0.05) is 0 Å². The average molecular weight is 194 g/mol. The normalized spacial score (nSPS) is 10.6. The van der Waals surface area contributed by atoms with Crippen molar-refractivity contribution in [3.63, 3.8) is 0 Å². The Morgan fingerprint density at radius 2 is 1.62 bits per heavy atom. The first-order valence-corrected chi connectivity index (χ1v) is 3.37. The van der Waals surface area contributed by atoms with Gasteiger partial charge in [-0.15, -0.1) is 0 Å². The molecule has 0 aromatic heterocycles. The largest absolute Gasteiger partial charge is 0.497 e. The van der Waals surface area contributed by atoms with Crippen LogP contribution in [0.25, 0.3) is 0 Å². The Morgan fingerprint density at radius 1 is 1.15 bits per heavy atom. The Morgan fingerprint density at radius 3 is 1.92 bits per heavy atom. The van der Waals surface area contributed by atoms with Crippen molar-refractivity contribution in [3.8, 4) is 5.75 Å². The van der Waals surface area contributed by atoms with E-state index in [9.17, 15) is 17.6 Å². The summed E-state index contributed by atoms with van der Waals surface area (Å²) in [5, 5.41) is 0. The summed E-state index contributed by atoms with van der Waals surface area (Å²) in [4.78, 5) is 0. The molecule has 0 saturated heterocycles. The summed E-state index contributed by atoms with van der Waals surface area (Å²) >= 11 is 0. The Balaban J connectivity index is 3.23. The standard InChI is InChI=1S/C8H6F4O/c1-13-4-2-5(9)7(8(11)12)6(10)3-4/h2-3,8H,1H3. The molecular weight excluding hydrogens is 188 g/mol. The van der Waals surface area contributed by atoms with Crippen LogP contribution in [0.4, 0.5) is 17.6 Å². The molecule has 0 N–H and O–H groups in total. The van der Waals surface area contributed by atoms with Gasteiger partial charge in [0.25, 0.3) is 6.43 Å². The Kier molecular flexibility index (Phi) is 2.75. The van der Waals surface area contributed by atoms with Crippen molar-refractivity contribution in [2.45, 2.75) is 6.43 Å². The first-order valence-electron chi connectivity index (χ1n) is 3.37. The molecule has 0 amide bonds. The molecule has 0 aliphatic rings. The van der Waals surface area contributed by atoms with Crippen molar-refractivity contribution in [1.82, 2.24) is 0 Å². The van der Waals surface area contributed by atoms with Crippen LogP contribution in [0.3, 0.4) is 0 Å². The first kappa shape index (κ1) is 9.83. The van der Waals surface area contributed by atoms with Gasteiger partial charge in [0.2, 0.25) is 0 Å². The fourth-order valence-electron chi connectivity index (χ4n) is 0.887. The van der Waals surface area contributed by atoms with Gasteiger partial charge in [0.15, 0.2) is 0 Å². The molecule has 0 heterocycles. The number of rotatable bonds is 2. The minimum Gasteiger partial charge on any atom is -0.497 e. The van der Waals surface area contributed by atoms with Gasteiger partial charge in [-0.05, 0) is 0 Å². The third kappa shape index (κ3) is 1.91. The number of benzene rings is 1. The van der Waals surface area contributed by atoms with Crippen molar-refractivity contribution < 1.29 is 22.3 Å². The highest BCUT2D eigenvalue weighted by molar-refractivity contribution is 5.31. The van der Waals surface area contributed by atoms with Gasteiger partial charge in [-0.3, -0.25) is 0 Å². The second-order valence-corrected chi connectivity index (χ2v) is 2.31. The zero-order chi connectivity index (χ0) is 10.0. The van der Waals surface area contributed by atoms with E-state index in [0.29, 0.717) is 12.1 Å². The van der Waals surface area contributed by atoms with Crippen molar-refractivity contribution in [1.29, 1.82) is 0 Å². The molecule has 0 aliphatic heterocycles. The number of halogens is 4. The third-order valence-corrected chi connectivity index (χ3v) is 1.51. The molecule has 0 spiro atoms. The lowest BCUT2D eigenvalue weighted by atomic mass is 10.2. The van der Waals surface area contributed by atoms with Crippen molar-refractivity contribution in [2.24, 2.45) is 0 Å². The molecule has 0 fully saturated rings. The monoisotopic (exact) mass is 194 g/mol. The number of hydrogen-bond donors (Lipinski definition) is 0. The topological polar surface area (TPSA) is 9.23 Å². The lowest BCUT2D eigenvalue weighted by molar-refractivity contribution is 0.140. The number of alkyl halides is 2. The predicted molar refractivity (Wildman–Crippen MR) is 37.9 cm³/mol. The maximum Gasteiger partial charge on any atom is 0.269 e. The van der Waals surface area contributed by atoms with Gasteiger partial charge < -0.3 is 4.74 Å². The highest BCUT2D eigenvalue weighted by Gasteiger charge is 2.19. The molecule has 0 atom stereocenters. The fourth-order valence-corrected chi connectivity index (χ4v) is 0.887. The van der Waals surface area contributed by atoms with Crippen LogP contribution in [0, 0.1) is 11.6 Å². The highest BCUT2D eigenvalue weighted by Crippen LogP contribution is 2.28. The molecule has 1 aromatic carbocycles. The summed E-state index contributed by atoms with van der Waals surface area (Å²) in [6, 6.07) is 1.43. The number of ether oxygens (including phenoxy) is 1. The fraction of sp³-hybridized carbons (Fsp3) is 0.250. The molecule has 72 valence electrons. The van der Waals surface area contributed by atoms with Gasteiger partial charge >= 0.3 is 0 Å². The van der Waals surface area contributed by atoms with Crippen molar-refractivity contribution in [2.75, 3.05) is 7.11 Å². The minimum atomic E-state index is -3.16. The molecule has 0 saturated carbocycles. The first-order chi connectivity index (χ1) is 6.06. The highest BCUT2D eigenvalue weighted by atomic mass is 19.3. The molecular formula is C8H6F4O. The zero-order valence-corrected chi connectivity index (χ0v) is 6.65. The van der Waals surface area contributed by atoms with Crippen LogP contribution in [-0.4, -0.2) is 7.11 Å². The van der Waals surface area contributed by atoms with Crippen LogP contribution in [0.15, 0.2) is 12.1 Å². The summed E-state index contributed by atoms with van der Waals surface area (Å²) in [5.74, 6) is -2.72. The molecule has 0 bridgehead atoms. The number of hydrogen-bond acceptors (Lipinski definition) is 1. The smallest absolute Gasteiger partial charge is 0.269 e. The summed E-state index contributed by atoms with van der Waals surface area (Å²) in [7, 11) is 1.19. The zero-order valence-electron chi connectivity index (χ0n) is 6.65. The average Bonchev–Trinajstić information content (AvgIpc) is 2.02. The van der Waals surface area contributed by atoms with Crippen LogP contribution < -0.4 is 4.74 Å². The molecule has 13 heavy (non-hydrogen) atoms. The minimum absolute atomic E-state index is 0.126. The quantitative estimate of drug-likeness (QED) is 0.657. The van der Waals surface area contributed by atoms with E-state index in [1.165, 1.54) is 7.11 Å². The van der Waals surface area contributed by atoms with Crippen molar-refractivity contribution in [3.05, 3.63) is 29.3 Å². The van der Waals surface area contributed by atoms with E-state index in [-0.39, 0.29) is 5.75 Å². The van der Waals surface area contributed by atoms with Gasteiger partial charge in [0, 0.05) is 12.1 Å². The van der Waals surface area contributed by atoms with Gasteiger partial charge in [-0.25, -0.2) is 17.6 Å².